The van der Waals surface area contributed by atoms with Crippen molar-refractivity contribution in [1.29, 1.82) is 0 Å². The summed E-state index contributed by atoms with van der Waals surface area (Å²) < 4.78 is 64.5. The van der Waals surface area contributed by atoms with Crippen molar-refractivity contribution in [2.75, 3.05) is 19.8 Å². The molecule has 0 saturated carbocycles. The highest BCUT2D eigenvalue weighted by atomic mass is 16.8. The van der Waals surface area contributed by atoms with Gasteiger partial charge in [-0.3, -0.25) is 0 Å². The zero-order chi connectivity index (χ0) is 52.5. The molecule has 2 aliphatic heterocycles. The van der Waals surface area contributed by atoms with E-state index in [0.717, 1.165) is 16.7 Å². The molecule has 2 aliphatic rings. The van der Waals surface area contributed by atoms with E-state index in [4.69, 9.17) is 47.4 Å². The van der Waals surface area contributed by atoms with E-state index in [1.165, 1.54) is 24.3 Å². The lowest BCUT2D eigenvalue weighted by molar-refractivity contribution is -0.337. The van der Waals surface area contributed by atoms with Crippen molar-refractivity contribution in [3.63, 3.8) is 0 Å². The molecule has 0 bridgehead atoms. The first-order valence-corrected chi connectivity index (χ1v) is 24.8. The zero-order valence-electron chi connectivity index (χ0n) is 41.2. The van der Waals surface area contributed by atoms with Gasteiger partial charge in [-0.15, -0.1) is 0 Å². The van der Waals surface area contributed by atoms with E-state index in [-0.39, 0.29) is 42.1 Å². The smallest absolute Gasteiger partial charge is 0.338 e. The second-order valence-corrected chi connectivity index (χ2v) is 18.0. The molecule has 0 unspecified atom stereocenters. The van der Waals surface area contributed by atoms with Gasteiger partial charge in [0.2, 0.25) is 5.79 Å². The number of hydrogen-bond donors (Lipinski definition) is 1. The first-order valence-electron chi connectivity index (χ1n) is 24.8. The Balaban J connectivity index is 1.11. The fraction of sp³-hybridized carbons (Fsp3) is 0.246. The first kappa shape index (κ1) is 53.0. The standard InChI is InChI=1S/C61H56O15/c62-56(45-28-14-4-15-29-45)70-39-50-52(74-58(64)47-32-18-6-19-33-47)55(75-59(65)48-34-20-7-21-35-48)61(76-50,41-71-57(63)46-30-16-5-17-31-46)72-40-49-51(67-36-42-22-8-1-9-23-42)53(68-37-43-24-10-2-11-25-43)54(60(66)73-49)69-38-44-26-12-3-13-27-44/h1-35,49-55,60,66H,36-41H2/t49-,50-,51-,52-,53+,54+,55+,60+,61+/m1/s1. The second kappa shape index (κ2) is 26.1. The van der Waals surface area contributed by atoms with E-state index in [0.29, 0.717) is 0 Å². The van der Waals surface area contributed by atoms with Gasteiger partial charge in [-0.1, -0.05) is 164 Å². The molecule has 390 valence electrons. The van der Waals surface area contributed by atoms with E-state index in [9.17, 15) is 24.3 Å². The van der Waals surface area contributed by atoms with Crippen LogP contribution in [0.1, 0.15) is 58.1 Å². The topological polar surface area (TPSA) is 181 Å². The third-order valence-electron chi connectivity index (χ3n) is 12.7. The highest BCUT2D eigenvalue weighted by Gasteiger charge is 2.63. The number of carbonyl (C=O) groups excluding carboxylic acids is 4. The molecule has 7 aromatic rings. The maximum absolute atomic E-state index is 14.4. The summed E-state index contributed by atoms with van der Waals surface area (Å²) in [6.45, 7) is -1.68. The van der Waals surface area contributed by atoms with Crippen LogP contribution in [0, 0.1) is 0 Å². The predicted octanol–water partition coefficient (Wildman–Crippen LogP) is 8.74. The van der Waals surface area contributed by atoms with Gasteiger partial charge in [-0.25, -0.2) is 19.2 Å². The molecule has 1 N–H and O–H groups in total. The number of rotatable bonds is 22. The van der Waals surface area contributed by atoms with Gasteiger partial charge in [0.15, 0.2) is 18.5 Å². The summed E-state index contributed by atoms with van der Waals surface area (Å²) in [5.74, 6) is -5.66. The van der Waals surface area contributed by atoms with Gasteiger partial charge >= 0.3 is 23.9 Å². The monoisotopic (exact) mass is 1030 g/mol. The van der Waals surface area contributed by atoms with Crippen molar-refractivity contribution in [3.8, 4) is 0 Å². The van der Waals surface area contributed by atoms with Crippen molar-refractivity contribution < 1.29 is 71.7 Å². The maximum Gasteiger partial charge on any atom is 0.338 e. The molecule has 2 fully saturated rings. The third-order valence-corrected chi connectivity index (χ3v) is 12.7. The summed E-state index contributed by atoms with van der Waals surface area (Å²) in [6, 6.07) is 60.8. The number of aliphatic hydroxyl groups is 1. The van der Waals surface area contributed by atoms with Gasteiger partial charge in [-0.2, -0.15) is 0 Å². The van der Waals surface area contributed by atoms with Gasteiger partial charge in [0.25, 0.3) is 0 Å². The van der Waals surface area contributed by atoms with E-state index >= 15 is 0 Å². The molecule has 0 aliphatic carbocycles. The Morgan fingerprint density at radius 3 is 1.25 bits per heavy atom. The minimum absolute atomic E-state index is 0.0536. The molecule has 9 rings (SSSR count). The Morgan fingerprint density at radius 1 is 0.408 bits per heavy atom. The minimum Gasteiger partial charge on any atom is -0.459 e. The van der Waals surface area contributed by atoms with Crippen molar-refractivity contribution in [1.82, 2.24) is 0 Å². The summed E-state index contributed by atoms with van der Waals surface area (Å²) in [7, 11) is 0. The van der Waals surface area contributed by atoms with Crippen LogP contribution in [-0.2, 0) is 67.2 Å². The number of carbonyl (C=O) groups is 4. The first-order chi connectivity index (χ1) is 37.2. The number of hydrogen-bond acceptors (Lipinski definition) is 15. The van der Waals surface area contributed by atoms with Crippen LogP contribution in [0.2, 0.25) is 0 Å². The van der Waals surface area contributed by atoms with E-state index in [2.05, 4.69) is 0 Å². The van der Waals surface area contributed by atoms with Crippen LogP contribution < -0.4 is 0 Å². The van der Waals surface area contributed by atoms with Gasteiger partial charge < -0.3 is 52.5 Å². The van der Waals surface area contributed by atoms with Crippen molar-refractivity contribution >= 4 is 23.9 Å². The van der Waals surface area contributed by atoms with Crippen LogP contribution in [-0.4, -0.2) is 104 Å². The second-order valence-electron chi connectivity index (χ2n) is 18.0. The lowest BCUT2D eigenvalue weighted by Crippen LogP contribution is -2.62. The minimum atomic E-state index is -2.38. The molecular formula is C61H56O15. The molecule has 0 spiro atoms. The largest absolute Gasteiger partial charge is 0.459 e. The van der Waals surface area contributed by atoms with Crippen LogP contribution in [0.4, 0.5) is 0 Å². The van der Waals surface area contributed by atoms with Crippen LogP contribution in [0.15, 0.2) is 212 Å². The Kier molecular flexibility index (Phi) is 18.2. The van der Waals surface area contributed by atoms with Gasteiger partial charge in [0, 0.05) is 0 Å². The fourth-order valence-corrected chi connectivity index (χ4v) is 8.82. The zero-order valence-corrected chi connectivity index (χ0v) is 41.2. The average molecular weight is 1030 g/mol. The Hall–Kier alpha value is -7.86. The summed E-state index contributed by atoms with van der Waals surface area (Å²) >= 11 is 0. The lowest BCUT2D eigenvalue weighted by atomic mass is 9.97. The predicted molar refractivity (Wildman–Crippen MR) is 274 cm³/mol. The van der Waals surface area contributed by atoms with E-state index in [1.807, 2.05) is 91.0 Å². The number of ether oxygens (including phenoxy) is 10. The molecular weight excluding hydrogens is 973 g/mol. The van der Waals surface area contributed by atoms with Crippen LogP contribution in [0.5, 0.6) is 0 Å². The Labute approximate surface area is 439 Å². The van der Waals surface area contributed by atoms with Crippen molar-refractivity contribution in [3.05, 3.63) is 251 Å². The molecule has 2 saturated heterocycles. The third kappa shape index (κ3) is 13.7. The highest BCUT2D eigenvalue weighted by Crippen LogP contribution is 2.40. The molecule has 15 nitrogen and oxygen atoms in total. The molecule has 15 heteroatoms. The summed E-state index contributed by atoms with van der Waals surface area (Å²) in [5, 5.41) is 12.0. The molecule has 0 radical (unpaired) electrons. The molecule has 2 heterocycles. The van der Waals surface area contributed by atoms with Crippen LogP contribution in [0.3, 0.4) is 0 Å². The van der Waals surface area contributed by atoms with Crippen molar-refractivity contribution in [2.45, 2.75) is 74.6 Å². The lowest BCUT2D eigenvalue weighted by Gasteiger charge is -2.45. The number of aliphatic hydroxyl groups excluding tert-OH is 1. The molecule has 0 aromatic heterocycles. The Bertz CT molecular complexity index is 2920. The molecule has 0 amide bonds. The maximum atomic E-state index is 14.4. The molecule has 9 atom stereocenters. The number of esters is 4. The highest BCUT2D eigenvalue weighted by molar-refractivity contribution is 5.91. The van der Waals surface area contributed by atoms with Crippen LogP contribution >= 0.6 is 0 Å². The summed E-state index contributed by atoms with van der Waals surface area (Å²) in [4.78, 5) is 56.1. The summed E-state index contributed by atoms with van der Waals surface area (Å²) in [5.41, 5.74) is 3.10. The fourth-order valence-electron chi connectivity index (χ4n) is 8.82. The van der Waals surface area contributed by atoms with E-state index in [1.54, 1.807) is 97.1 Å². The Morgan fingerprint density at radius 2 is 0.789 bits per heavy atom. The van der Waals surface area contributed by atoms with Gasteiger partial charge in [0.05, 0.1) is 48.7 Å². The normalized spacial score (nSPS) is 23.0. The van der Waals surface area contributed by atoms with E-state index < -0.39 is 98.5 Å². The average Bonchev–Trinajstić information content (AvgIpc) is 3.77. The number of benzene rings is 7. The van der Waals surface area contributed by atoms with Crippen molar-refractivity contribution in [2.24, 2.45) is 0 Å². The van der Waals surface area contributed by atoms with Gasteiger partial charge in [0.1, 0.15) is 43.7 Å². The molecule has 7 aromatic carbocycles. The van der Waals surface area contributed by atoms with Gasteiger partial charge in [-0.05, 0) is 65.2 Å². The molecule has 76 heavy (non-hydrogen) atoms. The summed E-state index contributed by atoms with van der Waals surface area (Å²) in [6.07, 6.45) is -10.9. The quantitative estimate of drug-likeness (QED) is 0.0503. The van der Waals surface area contributed by atoms with Crippen LogP contribution in [0.25, 0.3) is 0 Å². The SMILES string of the molecule is O=C(OC[C@H]1O[C@](COC(=O)c2ccccc2)(OC[C@H]2O[C@H](O)[C@@H](OCc3ccccc3)[C@@H](OCc3ccccc3)[C@@H]2OCc2ccccc2)[C@@H](OC(=O)c2ccccc2)[C@@H]1OC(=O)c1ccccc1)c1ccccc1.